The van der Waals surface area contributed by atoms with E-state index < -0.39 is 0 Å². The second-order valence-electron chi connectivity index (χ2n) is 4.70. The highest BCUT2D eigenvalue weighted by Gasteiger charge is 2.19. The lowest BCUT2D eigenvalue weighted by Gasteiger charge is -2.34. The Balaban J connectivity index is 0.00000180. The molecule has 19 heavy (non-hydrogen) atoms. The van der Waals surface area contributed by atoms with Gasteiger partial charge in [0, 0.05) is 37.8 Å². The minimum atomic E-state index is 0. The molecule has 1 aliphatic rings. The highest BCUT2D eigenvalue weighted by molar-refractivity contribution is 5.85. The van der Waals surface area contributed by atoms with Crippen LogP contribution in [0.2, 0.25) is 0 Å². The summed E-state index contributed by atoms with van der Waals surface area (Å²) in [5.41, 5.74) is 1.19. The Morgan fingerprint density at radius 2 is 2.11 bits per heavy atom. The van der Waals surface area contributed by atoms with Gasteiger partial charge in [-0.15, -0.1) is 12.4 Å². The van der Waals surface area contributed by atoms with Gasteiger partial charge in [0.2, 0.25) is 0 Å². The van der Waals surface area contributed by atoms with E-state index in [-0.39, 0.29) is 12.4 Å². The second kappa shape index (κ2) is 7.58. The van der Waals surface area contributed by atoms with E-state index in [0.29, 0.717) is 6.04 Å². The van der Waals surface area contributed by atoms with Crippen LogP contribution in [-0.2, 0) is 6.54 Å². The van der Waals surface area contributed by atoms with Crippen LogP contribution in [0.4, 0.5) is 0 Å². The van der Waals surface area contributed by atoms with Crippen molar-refractivity contribution >= 4 is 12.4 Å². The summed E-state index contributed by atoms with van der Waals surface area (Å²) in [6, 6.07) is 6.52. The van der Waals surface area contributed by atoms with Crippen molar-refractivity contribution in [1.82, 2.24) is 10.2 Å². The topological polar surface area (TPSA) is 33.7 Å². The van der Waals surface area contributed by atoms with E-state index in [2.05, 4.69) is 23.2 Å². The largest absolute Gasteiger partial charge is 0.497 e. The molecule has 0 bridgehead atoms. The molecule has 1 heterocycles. The Kier molecular flexibility index (Phi) is 6.42. The molecule has 1 fully saturated rings. The lowest BCUT2D eigenvalue weighted by molar-refractivity contribution is 0.164. The van der Waals surface area contributed by atoms with Gasteiger partial charge in [0.25, 0.3) is 0 Å². The summed E-state index contributed by atoms with van der Waals surface area (Å²) in [6.07, 6.45) is 0. The van der Waals surface area contributed by atoms with Crippen LogP contribution in [0.15, 0.2) is 18.2 Å². The van der Waals surface area contributed by atoms with Gasteiger partial charge in [0.05, 0.1) is 14.2 Å². The minimum Gasteiger partial charge on any atom is -0.497 e. The number of benzene rings is 1. The lowest BCUT2D eigenvalue weighted by Crippen LogP contribution is -2.49. The van der Waals surface area contributed by atoms with E-state index in [4.69, 9.17) is 9.47 Å². The van der Waals surface area contributed by atoms with E-state index in [9.17, 15) is 0 Å². The van der Waals surface area contributed by atoms with Crippen molar-refractivity contribution in [2.45, 2.75) is 19.5 Å². The second-order valence-corrected chi connectivity index (χ2v) is 4.70. The molecule has 1 aromatic rings. The first kappa shape index (κ1) is 16.1. The third kappa shape index (κ3) is 4.00. The number of nitrogens with one attached hydrogen (secondary N) is 1. The third-order valence-corrected chi connectivity index (χ3v) is 3.50. The van der Waals surface area contributed by atoms with Crippen LogP contribution < -0.4 is 14.8 Å². The molecule has 1 N–H and O–H groups in total. The van der Waals surface area contributed by atoms with Crippen LogP contribution in [0, 0.1) is 0 Å². The van der Waals surface area contributed by atoms with E-state index in [0.717, 1.165) is 37.7 Å². The van der Waals surface area contributed by atoms with Crippen molar-refractivity contribution in [2.75, 3.05) is 33.9 Å². The smallest absolute Gasteiger partial charge is 0.123 e. The summed E-state index contributed by atoms with van der Waals surface area (Å²) < 4.78 is 10.7. The molecule has 0 saturated carbocycles. The molecule has 1 atom stereocenters. The number of rotatable bonds is 4. The van der Waals surface area contributed by atoms with Crippen molar-refractivity contribution in [3.05, 3.63) is 23.8 Å². The number of methoxy groups -OCH3 is 2. The van der Waals surface area contributed by atoms with Crippen molar-refractivity contribution in [3.63, 3.8) is 0 Å². The summed E-state index contributed by atoms with van der Waals surface area (Å²) in [5, 5.41) is 3.40. The fraction of sp³-hybridized carbons (Fsp3) is 0.571. The van der Waals surface area contributed by atoms with Crippen LogP contribution in [-0.4, -0.2) is 44.8 Å². The Bertz CT molecular complexity index is 401. The maximum atomic E-state index is 5.42. The first-order chi connectivity index (χ1) is 8.74. The molecule has 1 unspecified atom stereocenters. The monoisotopic (exact) mass is 286 g/mol. The molecule has 1 saturated heterocycles. The van der Waals surface area contributed by atoms with Gasteiger partial charge in [0.15, 0.2) is 0 Å². The number of halogens is 1. The van der Waals surface area contributed by atoms with E-state index in [1.54, 1.807) is 14.2 Å². The van der Waals surface area contributed by atoms with Gasteiger partial charge in [-0.3, -0.25) is 4.90 Å². The highest BCUT2D eigenvalue weighted by Crippen LogP contribution is 2.26. The van der Waals surface area contributed by atoms with Gasteiger partial charge in [-0.2, -0.15) is 0 Å². The zero-order chi connectivity index (χ0) is 13.0. The van der Waals surface area contributed by atoms with Gasteiger partial charge < -0.3 is 14.8 Å². The van der Waals surface area contributed by atoms with E-state index in [1.165, 1.54) is 5.56 Å². The molecule has 0 amide bonds. The summed E-state index contributed by atoms with van der Waals surface area (Å²) in [5.74, 6) is 1.81. The highest BCUT2D eigenvalue weighted by atomic mass is 35.5. The summed E-state index contributed by atoms with van der Waals surface area (Å²) >= 11 is 0. The summed E-state index contributed by atoms with van der Waals surface area (Å²) in [4.78, 5) is 2.47. The molecular weight excluding hydrogens is 264 g/mol. The van der Waals surface area contributed by atoms with Crippen LogP contribution in [0.25, 0.3) is 0 Å². The molecular formula is C14H23ClN2O2. The predicted octanol–water partition coefficient (Wildman–Crippen LogP) is 1.92. The molecule has 2 rings (SSSR count). The van der Waals surface area contributed by atoms with Crippen LogP contribution in [0.1, 0.15) is 12.5 Å². The number of piperazine rings is 1. The quantitative estimate of drug-likeness (QED) is 0.917. The molecule has 5 heteroatoms. The molecule has 1 aliphatic heterocycles. The Morgan fingerprint density at radius 1 is 1.32 bits per heavy atom. The normalized spacial score (nSPS) is 19.6. The van der Waals surface area contributed by atoms with Crippen LogP contribution in [0.3, 0.4) is 0 Å². The van der Waals surface area contributed by atoms with Gasteiger partial charge in [-0.05, 0) is 25.1 Å². The van der Waals surface area contributed by atoms with Gasteiger partial charge >= 0.3 is 0 Å². The van der Waals surface area contributed by atoms with E-state index in [1.807, 2.05) is 12.1 Å². The minimum absolute atomic E-state index is 0. The molecule has 0 radical (unpaired) electrons. The van der Waals surface area contributed by atoms with Crippen LogP contribution in [0.5, 0.6) is 11.5 Å². The van der Waals surface area contributed by atoms with Crippen molar-refractivity contribution < 1.29 is 9.47 Å². The molecule has 0 aliphatic carbocycles. The molecule has 0 aromatic heterocycles. The number of ether oxygens (including phenoxy) is 2. The van der Waals surface area contributed by atoms with Crippen LogP contribution >= 0.6 is 12.4 Å². The first-order valence-electron chi connectivity index (χ1n) is 6.40. The first-order valence-corrected chi connectivity index (χ1v) is 6.40. The summed E-state index contributed by atoms with van der Waals surface area (Å²) in [6.45, 7) is 6.33. The molecule has 108 valence electrons. The van der Waals surface area contributed by atoms with Crippen molar-refractivity contribution in [1.29, 1.82) is 0 Å². The van der Waals surface area contributed by atoms with Gasteiger partial charge in [-0.25, -0.2) is 0 Å². The zero-order valence-corrected chi connectivity index (χ0v) is 12.6. The fourth-order valence-corrected chi connectivity index (χ4v) is 2.34. The maximum Gasteiger partial charge on any atom is 0.123 e. The average molecular weight is 287 g/mol. The Morgan fingerprint density at radius 3 is 2.74 bits per heavy atom. The third-order valence-electron chi connectivity index (χ3n) is 3.50. The molecule has 4 nitrogen and oxygen atoms in total. The Labute approximate surface area is 121 Å². The maximum absolute atomic E-state index is 5.42. The average Bonchev–Trinajstić information content (AvgIpc) is 2.41. The Hall–Kier alpha value is -0.970. The number of nitrogens with zero attached hydrogens (tertiary/aromatic N) is 1. The number of hydrogen-bond donors (Lipinski definition) is 1. The van der Waals surface area contributed by atoms with Gasteiger partial charge in [-0.1, -0.05) is 0 Å². The standard InChI is InChI=1S/C14H22N2O2.ClH/c1-11-9-15-6-7-16(11)10-12-8-13(17-2)4-5-14(12)18-3;/h4-5,8,11,15H,6-7,9-10H2,1-3H3;1H. The van der Waals surface area contributed by atoms with Gasteiger partial charge in [0.1, 0.15) is 11.5 Å². The fourth-order valence-electron chi connectivity index (χ4n) is 2.34. The summed E-state index contributed by atoms with van der Waals surface area (Å²) in [7, 11) is 3.41. The van der Waals surface area contributed by atoms with Crippen molar-refractivity contribution in [3.8, 4) is 11.5 Å². The number of hydrogen-bond acceptors (Lipinski definition) is 4. The SMILES string of the molecule is COc1ccc(OC)c(CN2CCNCC2C)c1.Cl. The molecule has 1 aromatic carbocycles. The lowest BCUT2D eigenvalue weighted by atomic mass is 10.1. The van der Waals surface area contributed by atoms with Crippen molar-refractivity contribution in [2.24, 2.45) is 0 Å². The van der Waals surface area contributed by atoms with E-state index >= 15 is 0 Å². The zero-order valence-electron chi connectivity index (χ0n) is 11.8. The predicted molar refractivity (Wildman–Crippen MR) is 79.5 cm³/mol. The molecule has 0 spiro atoms.